The molecule has 0 aromatic carbocycles. The molecule has 20 heavy (non-hydrogen) atoms. The van der Waals surface area contributed by atoms with Crippen LogP contribution in [0.1, 0.15) is 37.4 Å². The third kappa shape index (κ3) is 4.76. The first-order chi connectivity index (χ1) is 9.70. The molecule has 0 radical (unpaired) electrons. The molecule has 0 saturated heterocycles. The molecule has 0 amide bonds. The van der Waals surface area contributed by atoms with E-state index in [4.69, 9.17) is 4.74 Å². The number of nitrogens with one attached hydrogen (secondary N) is 1. The van der Waals surface area contributed by atoms with Crippen LogP contribution in [-0.4, -0.2) is 42.7 Å². The van der Waals surface area contributed by atoms with Crippen molar-refractivity contribution in [1.29, 1.82) is 0 Å². The van der Waals surface area contributed by atoms with Crippen molar-refractivity contribution in [3.8, 4) is 5.75 Å². The van der Waals surface area contributed by atoms with Crippen LogP contribution in [0.2, 0.25) is 0 Å². The minimum atomic E-state index is 0.747. The van der Waals surface area contributed by atoms with Crippen LogP contribution < -0.4 is 10.1 Å². The van der Waals surface area contributed by atoms with Gasteiger partial charge in [-0.1, -0.05) is 6.92 Å². The number of ether oxygens (including phenoxy) is 1. The van der Waals surface area contributed by atoms with Gasteiger partial charge in [-0.05, 0) is 39.8 Å². The molecule has 1 fully saturated rings. The van der Waals surface area contributed by atoms with Crippen molar-refractivity contribution in [1.82, 2.24) is 15.2 Å². The molecule has 1 aliphatic carbocycles. The minimum absolute atomic E-state index is 0.747. The van der Waals surface area contributed by atoms with E-state index < -0.39 is 0 Å². The molecule has 1 heterocycles. The molecule has 0 atom stereocenters. The standard InChI is InChI=1S/C16H27N3O/c1-4-7-17-11-14-12-18-13(2)10-16(14)20-9-8-19(3)15-5-6-15/h10,12,15,17H,4-9,11H2,1-3H3. The van der Waals surface area contributed by atoms with E-state index in [9.17, 15) is 0 Å². The van der Waals surface area contributed by atoms with Gasteiger partial charge in [-0.15, -0.1) is 0 Å². The van der Waals surface area contributed by atoms with Crippen molar-refractivity contribution >= 4 is 0 Å². The van der Waals surface area contributed by atoms with E-state index in [0.29, 0.717) is 0 Å². The van der Waals surface area contributed by atoms with Crippen LogP contribution in [0.15, 0.2) is 12.3 Å². The van der Waals surface area contributed by atoms with E-state index in [-0.39, 0.29) is 0 Å². The summed E-state index contributed by atoms with van der Waals surface area (Å²) in [7, 11) is 2.18. The van der Waals surface area contributed by atoms with E-state index >= 15 is 0 Å². The molecule has 1 aliphatic rings. The maximum Gasteiger partial charge on any atom is 0.127 e. The minimum Gasteiger partial charge on any atom is -0.492 e. The molecule has 4 nitrogen and oxygen atoms in total. The zero-order chi connectivity index (χ0) is 14.4. The molecule has 1 saturated carbocycles. The van der Waals surface area contributed by atoms with Gasteiger partial charge in [0.25, 0.3) is 0 Å². The highest BCUT2D eigenvalue weighted by Crippen LogP contribution is 2.25. The normalized spacial score (nSPS) is 14.8. The number of likely N-dealkylation sites (N-methyl/N-ethyl adjacent to an activating group) is 1. The van der Waals surface area contributed by atoms with Crippen LogP contribution >= 0.6 is 0 Å². The Kier molecular flexibility index (Phi) is 5.80. The van der Waals surface area contributed by atoms with Gasteiger partial charge in [0.1, 0.15) is 12.4 Å². The molecule has 4 heteroatoms. The third-order valence-electron chi connectivity index (χ3n) is 3.69. The van der Waals surface area contributed by atoms with Crippen molar-refractivity contribution < 1.29 is 4.74 Å². The summed E-state index contributed by atoms with van der Waals surface area (Å²) in [5, 5.41) is 3.41. The van der Waals surface area contributed by atoms with Gasteiger partial charge in [0, 0.05) is 42.7 Å². The Bertz CT molecular complexity index is 418. The summed E-state index contributed by atoms with van der Waals surface area (Å²) in [6.45, 7) is 7.77. The second-order valence-electron chi connectivity index (χ2n) is 5.67. The predicted molar refractivity (Wildman–Crippen MR) is 82.1 cm³/mol. The Morgan fingerprint density at radius 2 is 2.25 bits per heavy atom. The monoisotopic (exact) mass is 277 g/mol. The number of hydrogen-bond donors (Lipinski definition) is 1. The summed E-state index contributed by atoms with van der Waals surface area (Å²) < 4.78 is 5.98. The van der Waals surface area contributed by atoms with E-state index in [1.54, 1.807) is 0 Å². The lowest BCUT2D eigenvalue weighted by Crippen LogP contribution is -2.26. The highest BCUT2D eigenvalue weighted by molar-refractivity contribution is 5.32. The fraction of sp³-hybridized carbons (Fsp3) is 0.688. The number of nitrogens with zero attached hydrogens (tertiary/aromatic N) is 2. The molecule has 0 unspecified atom stereocenters. The van der Waals surface area contributed by atoms with Crippen molar-refractivity contribution in [2.45, 2.75) is 45.7 Å². The van der Waals surface area contributed by atoms with Gasteiger partial charge in [-0.2, -0.15) is 0 Å². The smallest absolute Gasteiger partial charge is 0.127 e. The zero-order valence-electron chi connectivity index (χ0n) is 13.0. The molecule has 0 bridgehead atoms. The van der Waals surface area contributed by atoms with Crippen LogP contribution in [0.5, 0.6) is 5.75 Å². The highest BCUT2D eigenvalue weighted by Gasteiger charge is 2.25. The van der Waals surface area contributed by atoms with Gasteiger partial charge in [0.15, 0.2) is 0 Å². The molecular weight excluding hydrogens is 250 g/mol. The lowest BCUT2D eigenvalue weighted by molar-refractivity contribution is 0.230. The van der Waals surface area contributed by atoms with Crippen molar-refractivity contribution in [3.05, 3.63) is 23.5 Å². The molecule has 1 N–H and O–H groups in total. The lowest BCUT2D eigenvalue weighted by Gasteiger charge is -2.17. The lowest BCUT2D eigenvalue weighted by atomic mass is 10.2. The van der Waals surface area contributed by atoms with Crippen molar-refractivity contribution in [2.75, 3.05) is 26.7 Å². The molecule has 1 aromatic rings. The Hall–Kier alpha value is -1.13. The van der Waals surface area contributed by atoms with Crippen LogP contribution in [-0.2, 0) is 6.54 Å². The van der Waals surface area contributed by atoms with Crippen molar-refractivity contribution in [2.24, 2.45) is 0 Å². The Balaban J connectivity index is 1.85. The summed E-state index contributed by atoms with van der Waals surface area (Å²) in [6.07, 6.45) is 5.76. The summed E-state index contributed by atoms with van der Waals surface area (Å²) in [5.41, 5.74) is 2.16. The number of hydrogen-bond acceptors (Lipinski definition) is 4. The average Bonchev–Trinajstić information content (AvgIpc) is 3.25. The first-order valence-electron chi connectivity index (χ1n) is 7.70. The number of aryl methyl sites for hydroxylation is 1. The second-order valence-corrected chi connectivity index (χ2v) is 5.67. The molecule has 1 aromatic heterocycles. The van der Waals surface area contributed by atoms with Crippen LogP contribution in [0.3, 0.4) is 0 Å². The third-order valence-corrected chi connectivity index (χ3v) is 3.69. The number of pyridine rings is 1. The molecule has 2 rings (SSSR count). The SMILES string of the molecule is CCCNCc1cnc(C)cc1OCCN(C)C1CC1. The van der Waals surface area contributed by atoms with Gasteiger partial charge < -0.3 is 15.0 Å². The summed E-state index contributed by atoms with van der Waals surface area (Å²) in [6, 6.07) is 2.84. The molecule has 0 spiro atoms. The topological polar surface area (TPSA) is 37.4 Å². The Labute approximate surface area is 122 Å². The molecular formula is C16H27N3O. The first-order valence-corrected chi connectivity index (χ1v) is 7.70. The zero-order valence-corrected chi connectivity index (χ0v) is 13.0. The van der Waals surface area contributed by atoms with Crippen LogP contribution in [0.25, 0.3) is 0 Å². The largest absolute Gasteiger partial charge is 0.492 e. The van der Waals surface area contributed by atoms with Crippen molar-refractivity contribution in [3.63, 3.8) is 0 Å². The summed E-state index contributed by atoms with van der Waals surface area (Å²) >= 11 is 0. The van der Waals surface area contributed by atoms with Crippen LogP contribution in [0, 0.1) is 6.92 Å². The fourth-order valence-electron chi connectivity index (χ4n) is 2.23. The Morgan fingerprint density at radius 1 is 1.45 bits per heavy atom. The fourth-order valence-corrected chi connectivity index (χ4v) is 2.23. The van der Waals surface area contributed by atoms with Gasteiger partial charge in [-0.25, -0.2) is 0 Å². The predicted octanol–water partition coefficient (Wildman–Crippen LogP) is 2.36. The first kappa shape index (κ1) is 15.3. The van der Waals surface area contributed by atoms with E-state index in [1.165, 1.54) is 12.8 Å². The van der Waals surface area contributed by atoms with E-state index in [2.05, 4.69) is 29.2 Å². The van der Waals surface area contributed by atoms with E-state index in [0.717, 1.165) is 55.7 Å². The van der Waals surface area contributed by atoms with Gasteiger partial charge in [-0.3, -0.25) is 4.98 Å². The maximum atomic E-state index is 5.98. The second kappa shape index (κ2) is 7.60. The quantitative estimate of drug-likeness (QED) is 0.703. The van der Waals surface area contributed by atoms with Gasteiger partial charge in [0.2, 0.25) is 0 Å². The highest BCUT2D eigenvalue weighted by atomic mass is 16.5. The maximum absolute atomic E-state index is 5.98. The average molecular weight is 277 g/mol. The molecule has 0 aliphatic heterocycles. The van der Waals surface area contributed by atoms with Gasteiger partial charge in [0.05, 0.1) is 0 Å². The summed E-state index contributed by atoms with van der Waals surface area (Å²) in [4.78, 5) is 6.76. The van der Waals surface area contributed by atoms with Gasteiger partial charge >= 0.3 is 0 Å². The van der Waals surface area contributed by atoms with E-state index in [1.807, 2.05) is 19.2 Å². The number of aromatic nitrogens is 1. The number of rotatable bonds is 9. The van der Waals surface area contributed by atoms with Crippen LogP contribution in [0.4, 0.5) is 0 Å². The Morgan fingerprint density at radius 3 is 2.95 bits per heavy atom. The summed E-state index contributed by atoms with van der Waals surface area (Å²) in [5.74, 6) is 0.977. The molecule has 112 valence electrons.